The van der Waals surface area contributed by atoms with Crippen LogP contribution in [0, 0.1) is 23.3 Å². The zero-order valence-electron chi connectivity index (χ0n) is 14.6. The van der Waals surface area contributed by atoms with Crippen LogP contribution in [-0.4, -0.2) is 13.3 Å². The third-order valence-electron chi connectivity index (χ3n) is 3.91. The smallest absolute Gasteiger partial charge is 0.201 e. The molecule has 0 saturated carbocycles. The van der Waals surface area contributed by atoms with Gasteiger partial charge in [-0.3, -0.25) is 4.39 Å². The first kappa shape index (κ1) is 20.9. The Morgan fingerprint density at radius 1 is 0.926 bits per heavy atom. The van der Waals surface area contributed by atoms with Gasteiger partial charge in [0, 0.05) is 17.5 Å². The average molecular weight is 388 g/mol. The normalized spacial score (nSPS) is 11.7. The lowest BCUT2D eigenvalue weighted by molar-refractivity contribution is 0.314. The number of halogens is 6. The zero-order chi connectivity index (χ0) is 20.0. The van der Waals surface area contributed by atoms with E-state index in [0.717, 1.165) is 24.3 Å². The van der Waals surface area contributed by atoms with Crippen molar-refractivity contribution in [2.75, 3.05) is 13.3 Å². The van der Waals surface area contributed by atoms with E-state index in [9.17, 15) is 26.3 Å². The third-order valence-corrected chi connectivity index (χ3v) is 3.91. The van der Waals surface area contributed by atoms with Crippen LogP contribution in [-0.2, 0) is 6.42 Å². The Kier molecular flexibility index (Phi) is 7.33. The first-order valence-corrected chi connectivity index (χ1v) is 8.39. The quantitative estimate of drug-likeness (QED) is 0.472. The number of rotatable bonds is 8. The molecule has 0 heterocycles. The maximum absolute atomic E-state index is 14.4. The maximum Gasteiger partial charge on any atom is 0.201 e. The highest BCUT2D eigenvalue weighted by Crippen LogP contribution is 2.33. The van der Waals surface area contributed by atoms with Gasteiger partial charge in [0.05, 0.1) is 19.1 Å². The molecule has 0 N–H and O–H groups in total. The van der Waals surface area contributed by atoms with E-state index in [-0.39, 0.29) is 37.2 Å². The minimum atomic E-state index is -1.34. The molecule has 0 atom stereocenters. The highest BCUT2D eigenvalue weighted by atomic mass is 19.2. The Balaban J connectivity index is 2.29. The lowest BCUT2D eigenvalue weighted by Gasteiger charge is -2.11. The van der Waals surface area contributed by atoms with Gasteiger partial charge in [-0.2, -0.15) is 4.39 Å². The first-order chi connectivity index (χ1) is 12.9. The molecule has 0 aliphatic heterocycles. The molecular formula is C20H18F6O. The molecule has 146 valence electrons. The van der Waals surface area contributed by atoms with E-state index >= 15 is 0 Å². The molecular weight excluding hydrogens is 370 g/mol. The second-order valence-electron chi connectivity index (χ2n) is 5.70. The first-order valence-electron chi connectivity index (χ1n) is 8.39. The van der Waals surface area contributed by atoms with Crippen molar-refractivity contribution in [2.24, 2.45) is 0 Å². The Labute approximate surface area is 153 Å². The molecule has 0 spiro atoms. The third kappa shape index (κ3) is 4.84. The van der Waals surface area contributed by atoms with Gasteiger partial charge >= 0.3 is 0 Å². The number of benzene rings is 2. The van der Waals surface area contributed by atoms with Gasteiger partial charge in [-0.1, -0.05) is 18.2 Å². The lowest BCUT2D eigenvalue weighted by Crippen LogP contribution is -2.01. The topological polar surface area (TPSA) is 9.23 Å². The van der Waals surface area contributed by atoms with E-state index in [0.29, 0.717) is 0 Å². The molecule has 0 aromatic heterocycles. The fourth-order valence-corrected chi connectivity index (χ4v) is 2.57. The maximum atomic E-state index is 14.4. The lowest BCUT2D eigenvalue weighted by atomic mass is 9.99. The van der Waals surface area contributed by atoms with Crippen molar-refractivity contribution in [3.05, 3.63) is 65.0 Å². The summed E-state index contributed by atoms with van der Waals surface area (Å²) < 4.78 is 86.8. The van der Waals surface area contributed by atoms with Crippen molar-refractivity contribution in [1.82, 2.24) is 0 Å². The molecule has 27 heavy (non-hydrogen) atoms. The van der Waals surface area contributed by atoms with E-state index in [1.807, 2.05) is 0 Å². The summed E-state index contributed by atoms with van der Waals surface area (Å²) in [6.45, 7) is 0.871. The van der Waals surface area contributed by atoms with Gasteiger partial charge in [-0.15, -0.1) is 0 Å². The summed E-state index contributed by atoms with van der Waals surface area (Å²) in [7, 11) is 0. The largest absolute Gasteiger partial charge is 0.491 e. The highest BCUT2D eigenvalue weighted by molar-refractivity contribution is 5.66. The molecule has 2 aromatic rings. The van der Waals surface area contributed by atoms with Gasteiger partial charge in [0.25, 0.3) is 0 Å². The zero-order valence-corrected chi connectivity index (χ0v) is 14.6. The highest BCUT2D eigenvalue weighted by Gasteiger charge is 2.21. The van der Waals surface area contributed by atoms with Crippen molar-refractivity contribution in [2.45, 2.75) is 26.2 Å². The van der Waals surface area contributed by atoms with E-state index < -0.39 is 46.9 Å². The molecule has 0 unspecified atom stereocenters. The van der Waals surface area contributed by atoms with Crippen LogP contribution in [0.2, 0.25) is 0 Å². The minimum Gasteiger partial charge on any atom is -0.491 e. The van der Waals surface area contributed by atoms with Gasteiger partial charge in [0.2, 0.25) is 5.82 Å². The number of allylic oxidation sites excluding steroid dienone is 2. The average Bonchev–Trinajstić information content (AvgIpc) is 2.64. The molecule has 0 radical (unpaired) electrons. The van der Waals surface area contributed by atoms with Gasteiger partial charge in [0.1, 0.15) is 0 Å². The Hall–Kier alpha value is -2.44. The number of ether oxygens (including phenoxy) is 1. The summed E-state index contributed by atoms with van der Waals surface area (Å²) in [4.78, 5) is 0. The van der Waals surface area contributed by atoms with Crippen LogP contribution in [0.3, 0.4) is 0 Å². The van der Waals surface area contributed by atoms with Crippen molar-refractivity contribution < 1.29 is 31.1 Å². The van der Waals surface area contributed by atoms with Crippen molar-refractivity contribution in [3.63, 3.8) is 0 Å². The number of hydrogen-bond donors (Lipinski definition) is 0. The second-order valence-corrected chi connectivity index (χ2v) is 5.70. The van der Waals surface area contributed by atoms with Crippen molar-refractivity contribution in [3.8, 4) is 16.9 Å². The minimum absolute atomic E-state index is 0.0249. The van der Waals surface area contributed by atoms with Crippen LogP contribution in [0.5, 0.6) is 5.75 Å². The van der Waals surface area contributed by atoms with Gasteiger partial charge in [-0.05, 0) is 37.5 Å². The van der Waals surface area contributed by atoms with Crippen molar-refractivity contribution >= 4 is 0 Å². The number of alkyl halides is 1. The summed E-state index contributed by atoms with van der Waals surface area (Å²) in [5, 5.41) is 0. The number of aryl methyl sites for hydroxylation is 1. The molecule has 1 nitrogen and oxygen atoms in total. The van der Waals surface area contributed by atoms with Gasteiger partial charge in [0.15, 0.2) is 23.2 Å². The van der Waals surface area contributed by atoms with E-state index in [4.69, 9.17) is 4.74 Å². The molecule has 2 rings (SSSR count). The molecule has 0 fully saturated rings. The van der Waals surface area contributed by atoms with Gasteiger partial charge in [-0.25, -0.2) is 17.6 Å². The predicted octanol–water partition coefficient (Wildman–Crippen LogP) is 6.45. The van der Waals surface area contributed by atoms with Crippen LogP contribution >= 0.6 is 0 Å². The SMILES string of the molecule is CCOc1ccc(-c2ccc(CC/C=C(\F)CCF)c(F)c2F)c(F)c1F. The Morgan fingerprint density at radius 2 is 1.56 bits per heavy atom. The van der Waals surface area contributed by atoms with E-state index in [1.54, 1.807) is 6.92 Å². The summed E-state index contributed by atoms with van der Waals surface area (Å²) >= 11 is 0. The molecule has 0 bridgehead atoms. The van der Waals surface area contributed by atoms with Crippen LogP contribution in [0.15, 0.2) is 36.2 Å². The van der Waals surface area contributed by atoms with E-state index in [2.05, 4.69) is 0 Å². The summed E-state index contributed by atoms with van der Waals surface area (Å²) in [6, 6.07) is 4.60. The fourth-order valence-electron chi connectivity index (χ4n) is 2.57. The monoisotopic (exact) mass is 388 g/mol. The molecule has 2 aromatic carbocycles. The number of hydrogen-bond acceptors (Lipinski definition) is 1. The Bertz CT molecular complexity index is 832. The summed E-state index contributed by atoms with van der Waals surface area (Å²) in [5.74, 6) is -6.17. The fraction of sp³-hybridized carbons (Fsp3) is 0.300. The standard InChI is InChI=1S/C20H18F6O/c1-2-27-16-9-8-15(19(25)20(16)26)14-7-6-12(17(23)18(14)24)4-3-5-13(22)10-11-21/h5-9H,2-4,10-11H2,1H3/b13-5-. The van der Waals surface area contributed by atoms with Gasteiger partial charge < -0.3 is 4.74 Å². The van der Waals surface area contributed by atoms with Crippen LogP contribution in [0.4, 0.5) is 26.3 Å². The van der Waals surface area contributed by atoms with Crippen LogP contribution < -0.4 is 4.74 Å². The molecule has 7 heteroatoms. The Morgan fingerprint density at radius 3 is 2.19 bits per heavy atom. The summed E-state index contributed by atoms with van der Waals surface area (Å²) in [6.07, 6.45) is 0.765. The molecule has 0 saturated heterocycles. The van der Waals surface area contributed by atoms with Crippen LogP contribution in [0.25, 0.3) is 11.1 Å². The second kappa shape index (κ2) is 9.48. The van der Waals surface area contributed by atoms with Crippen LogP contribution in [0.1, 0.15) is 25.3 Å². The van der Waals surface area contributed by atoms with E-state index in [1.165, 1.54) is 6.07 Å². The summed E-state index contributed by atoms with van der Waals surface area (Å²) in [5.41, 5.74) is -0.921. The molecule has 0 amide bonds. The van der Waals surface area contributed by atoms with Crippen molar-refractivity contribution in [1.29, 1.82) is 0 Å². The predicted molar refractivity (Wildman–Crippen MR) is 91.0 cm³/mol. The molecule has 0 aliphatic carbocycles. The molecule has 0 aliphatic rings.